The first-order chi connectivity index (χ1) is 9.90. The molecule has 0 atom stereocenters. The molecular formula is C16H18N4. The van der Waals surface area contributed by atoms with Gasteiger partial charge < -0.3 is 4.57 Å². The summed E-state index contributed by atoms with van der Waals surface area (Å²) in [6.45, 7) is 1.96. The summed E-state index contributed by atoms with van der Waals surface area (Å²) >= 11 is 0. The molecule has 20 heavy (non-hydrogen) atoms. The van der Waals surface area contributed by atoms with Crippen LogP contribution in [-0.4, -0.2) is 19.6 Å². The fourth-order valence-electron chi connectivity index (χ4n) is 2.73. The average molecular weight is 266 g/mol. The van der Waals surface area contributed by atoms with Crippen LogP contribution in [0.1, 0.15) is 30.9 Å². The minimum Gasteiger partial charge on any atom is -0.347 e. The van der Waals surface area contributed by atoms with Crippen LogP contribution < -0.4 is 0 Å². The van der Waals surface area contributed by atoms with Crippen LogP contribution >= 0.6 is 0 Å². The summed E-state index contributed by atoms with van der Waals surface area (Å²) in [7, 11) is 0. The van der Waals surface area contributed by atoms with Gasteiger partial charge in [0, 0.05) is 36.9 Å². The highest BCUT2D eigenvalue weighted by molar-refractivity contribution is 5.79. The van der Waals surface area contributed by atoms with E-state index in [1.807, 2.05) is 4.68 Å². The van der Waals surface area contributed by atoms with E-state index >= 15 is 0 Å². The first-order valence-electron chi connectivity index (χ1n) is 7.34. The van der Waals surface area contributed by atoms with Crippen LogP contribution in [0.2, 0.25) is 0 Å². The normalized spacial score (nSPS) is 15.0. The molecule has 2 aromatic heterocycles. The van der Waals surface area contributed by atoms with Crippen molar-refractivity contribution in [1.82, 2.24) is 19.6 Å². The van der Waals surface area contributed by atoms with Gasteiger partial charge in [-0.3, -0.25) is 4.68 Å². The summed E-state index contributed by atoms with van der Waals surface area (Å²) in [5.74, 6) is 0.692. The molecule has 4 rings (SSSR count). The molecule has 0 spiro atoms. The predicted molar refractivity (Wildman–Crippen MR) is 78.6 cm³/mol. The highest BCUT2D eigenvalue weighted by Crippen LogP contribution is 2.38. The summed E-state index contributed by atoms with van der Waals surface area (Å²) in [4.78, 5) is 0. The summed E-state index contributed by atoms with van der Waals surface area (Å²) in [6, 6.07) is 10.7. The summed E-state index contributed by atoms with van der Waals surface area (Å²) in [6.07, 6.45) is 7.93. The summed E-state index contributed by atoms with van der Waals surface area (Å²) in [5, 5.41) is 9.78. The molecule has 2 heterocycles. The Bertz CT molecular complexity index is 721. The van der Waals surface area contributed by atoms with E-state index in [0.717, 1.165) is 19.5 Å². The van der Waals surface area contributed by atoms with E-state index in [9.17, 15) is 0 Å². The van der Waals surface area contributed by atoms with Gasteiger partial charge in [0.1, 0.15) is 0 Å². The van der Waals surface area contributed by atoms with Crippen LogP contribution in [0.25, 0.3) is 10.9 Å². The van der Waals surface area contributed by atoms with Crippen molar-refractivity contribution >= 4 is 10.9 Å². The molecule has 0 radical (unpaired) electrons. The molecule has 0 saturated heterocycles. The molecule has 1 aromatic carbocycles. The van der Waals surface area contributed by atoms with E-state index in [1.165, 1.54) is 29.4 Å². The summed E-state index contributed by atoms with van der Waals surface area (Å²) < 4.78 is 4.30. The van der Waals surface area contributed by atoms with Crippen LogP contribution in [0.4, 0.5) is 0 Å². The molecule has 1 fully saturated rings. The van der Waals surface area contributed by atoms with E-state index in [0.29, 0.717) is 5.92 Å². The minimum absolute atomic E-state index is 0.692. The van der Waals surface area contributed by atoms with Gasteiger partial charge in [-0.25, -0.2) is 0 Å². The monoisotopic (exact) mass is 266 g/mol. The second kappa shape index (κ2) is 4.78. The van der Waals surface area contributed by atoms with E-state index in [4.69, 9.17) is 0 Å². The number of aryl methyl sites for hydroxylation is 2. The number of rotatable bonds is 5. The first-order valence-corrected chi connectivity index (χ1v) is 7.34. The van der Waals surface area contributed by atoms with E-state index < -0.39 is 0 Å². The predicted octanol–water partition coefficient (Wildman–Crippen LogP) is 3.20. The van der Waals surface area contributed by atoms with Crippen molar-refractivity contribution < 1.29 is 0 Å². The lowest BCUT2D eigenvalue weighted by atomic mass is 10.2. The van der Waals surface area contributed by atoms with Crippen LogP contribution in [0.5, 0.6) is 0 Å². The third kappa shape index (κ3) is 2.22. The Hall–Kier alpha value is -2.10. The average Bonchev–Trinajstić information content (AvgIpc) is 3.09. The second-order valence-electron chi connectivity index (χ2n) is 5.60. The number of hydrogen-bond donors (Lipinski definition) is 0. The first kappa shape index (κ1) is 11.7. The lowest BCUT2D eigenvalue weighted by Gasteiger charge is -2.05. The molecule has 4 nitrogen and oxygen atoms in total. The third-order valence-electron chi connectivity index (χ3n) is 4.02. The zero-order valence-electron chi connectivity index (χ0n) is 11.4. The molecule has 1 saturated carbocycles. The molecule has 0 bridgehead atoms. The fraction of sp³-hybridized carbons (Fsp3) is 0.375. The van der Waals surface area contributed by atoms with Gasteiger partial charge in [0.2, 0.25) is 0 Å². The van der Waals surface area contributed by atoms with Crippen molar-refractivity contribution in [3.63, 3.8) is 0 Å². The molecule has 0 N–H and O–H groups in total. The van der Waals surface area contributed by atoms with E-state index in [1.54, 1.807) is 0 Å². The minimum atomic E-state index is 0.692. The Kier molecular flexibility index (Phi) is 2.80. The quantitative estimate of drug-likeness (QED) is 0.711. The van der Waals surface area contributed by atoms with Crippen molar-refractivity contribution in [3.05, 3.63) is 48.4 Å². The van der Waals surface area contributed by atoms with Crippen molar-refractivity contribution in [2.45, 2.75) is 38.3 Å². The Morgan fingerprint density at radius 2 is 2.00 bits per heavy atom. The summed E-state index contributed by atoms with van der Waals surface area (Å²) in [5.41, 5.74) is 2.49. The lowest BCUT2D eigenvalue weighted by molar-refractivity contribution is 0.520. The number of fused-ring (bicyclic) bond motifs is 1. The smallest absolute Gasteiger partial charge is 0.0857 e. The maximum absolute atomic E-state index is 4.25. The molecule has 3 aromatic rings. The Labute approximate surface area is 118 Å². The van der Waals surface area contributed by atoms with Crippen LogP contribution in [0, 0.1) is 0 Å². The van der Waals surface area contributed by atoms with Crippen molar-refractivity contribution in [2.24, 2.45) is 0 Å². The van der Waals surface area contributed by atoms with Gasteiger partial charge in [-0.2, -0.15) is 0 Å². The standard InChI is InChI=1S/C16H18N4/c1-2-5-16-14(4-1)8-11-19(16)9-3-10-20-12-15(17-18-20)13-6-7-13/h1-2,4-5,8,11-13H,3,6-7,9-10H2. The number of benzene rings is 1. The largest absolute Gasteiger partial charge is 0.347 e. The zero-order valence-corrected chi connectivity index (χ0v) is 11.4. The molecule has 102 valence electrons. The van der Waals surface area contributed by atoms with E-state index in [-0.39, 0.29) is 0 Å². The maximum atomic E-state index is 4.25. The number of nitrogens with zero attached hydrogens (tertiary/aromatic N) is 4. The number of aromatic nitrogens is 4. The van der Waals surface area contributed by atoms with Gasteiger partial charge in [0.25, 0.3) is 0 Å². The molecule has 1 aliphatic carbocycles. The van der Waals surface area contributed by atoms with Gasteiger partial charge in [0.15, 0.2) is 0 Å². The van der Waals surface area contributed by atoms with Crippen molar-refractivity contribution in [3.8, 4) is 0 Å². The molecule has 1 aliphatic rings. The van der Waals surface area contributed by atoms with Gasteiger partial charge in [-0.05, 0) is 36.8 Å². The lowest BCUT2D eigenvalue weighted by Crippen LogP contribution is -2.04. The van der Waals surface area contributed by atoms with Crippen LogP contribution in [0.15, 0.2) is 42.7 Å². The van der Waals surface area contributed by atoms with Crippen LogP contribution in [-0.2, 0) is 13.1 Å². The van der Waals surface area contributed by atoms with Crippen molar-refractivity contribution in [2.75, 3.05) is 0 Å². The third-order valence-corrected chi connectivity index (χ3v) is 4.02. The van der Waals surface area contributed by atoms with Crippen LogP contribution in [0.3, 0.4) is 0 Å². The molecule has 4 heteroatoms. The molecule has 0 aliphatic heterocycles. The van der Waals surface area contributed by atoms with Gasteiger partial charge in [-0.1, -0.05) is 23.4 Å². The Morgan fingerprint density at radius 1 is 1.10 bits per heavy atom. The molecule has 0 amide bonds. The highest BCUT2D eigenvalue weighted by atomic mass is 15.4. The van der Waals surface area contributed by atoms with Crippen molar-refractivity contribution in [1.29, 1.82) is 0 Å². The molecular weight excluding hydrogens is 248 g/mol. The van der Waals surface area contributed by atoms with Gasteiger partial charge >= 0.3 is 0 Å². The number of hydrogen-bond acceptors (Lipinski definition) is 2. The number of para-hydroxylation sites is 1. The SMILES string of the molecule is c1ccc2c(c1)ccn2CCCn1cc(C2CC2)nn1. The Morgan fingerprint density at radius 3 is 2.90 bits per heavy atom. The van der Waals surface area contributed by atoms with Gasteiger partial charge in [0.05, 0.1) is 5.69 Å². The highest BCUT2D eigenvalue weighted by Gasteiger charge is 2.26. The zero-order chi connectivity index (χ0) is 13.4. The van der Waals surface area contributed by atoms with Gasteiger partial charge in [-0.15, -0.1) is 5.10 Å². The Balaban J connectivity index is 1.40. The topological polar surface area (TPSA) is 35.6 Å². The maximum Gasteiger partial charge on any atom is 0.0857 e. The fourth-order valence-corrected chi connectivity index (χ4v) is 2.73. The van der Waals surface area contributed by atoms with E-state index in [2.05, 4.69) is 57.6 Å². The second-order valence-corrected chi connectivity index (χ2v) is 5.60. The molecule has 0 unspecified atom stereocenters.